The van der Waals surface area contributed by atoms with Gasteiger partial charge >= 0.3 is 0 Å². The van der Waals surface area contributed by atoms with Crippen molar-refractivity contribution in [3.63, 3.8) is 0 Å². The Balaban J connectivity index is 1.53. The number of imidazole rings is 1. The minimum atomic E-state index is 0.370. The van der Waals surface area contributed by atoms with Crippen molar-refractivity contribution in [3.05, 3.63) is 17.7 Å². The van der Waals surface area contributed by atoms with Crippen molar-refractivity contribution in [1.29, 1.82) is 0 Å². The molecule has 0 radical (unpaired) electrons. The Morgan fingerprint density at radius 3 is 2.95 bits per heavy atom. The summed E-state index contributed by atoms with van der Waals surface area (Å²) < 4.78 is 8.51. The lowest BCUT2D eigenvalue weighted by Gasteiger charge is -2.18. The Labute approximate surface area is 121 Å². The summed E-state index contributed by atoms with van der Waals surface area (Å²) in [5.41, 5.74) is 2.79. The van der Waals surface area contributed by atoms with E-state index in [1.54, 1.807) is 0 Å². The van der Waals surface area contributed by atoms with Crippen LogP contribution in [0.2, 0.25) is 0 Å². The van der Waals surface area contributed by atoms with Gasteiger partial charge in [0, 0.05) is 18.3 Å². The highest BCUT2D eigenvalue weighted by atomic mass is 16.5. The molecular weight excluding hydrogens is 250 g/mol. The molecule has 0 saturated carbocycles. The Kier molecular flexibility index (Phi) is 4.41. The van der Waals surface area contributed by atoms with Gasteiger partial charge in [-0.05, 0) is 38.5 Å². The second-order valence-corrected chi connectivity index (χ2v) is 6.52. The minimum absolute atomic E-state index is 0.370. The molecule has 4 nitrogen and oxygen atoms in total. The van der Waals surface area contributed by atoms with Crippen molar-refractivity contribution >= 4 is 0 Å². The van der Waals surface area contributed by atoms with Crippen molar-refractivity contribution in [2.24, 2.45) is 0 Å². The molecule has 1 aliphatic carbocycles. The van der Waals surface area contributed by atoms with Gasteiger partial charge in [0.05, 0.1) is 30.8 Å². The van der Waals surface area contributed by atoms with E-state index in [1.807, 2.05) is 6.33 Å². The van der Waals surface area contributed by atoms with E-state index < -0.39 is 0 Å². The number of hydrogen-bond acceptors (Lipinski definition) is 3. The first-order valence-corrected chi connectivity index (χ1v) is 8.14. The monoisotopic (exact) mass is 277 g/mol. The van der Waals surface area contributed by atoms with Gasteiger partial charge < -0.3 is 14.6 Å². The normalized spacial score (nSPS) is 26.1. The molecule has 4 heteroatoms. The van der Waals surface area contributed by atoms with Crippen LogP contribution in [0.5, 0.6) is 0 Å². The van der Waals surface area contributed by atoms with Gasteiger partial charge in [0.25, 0.3) is 0 Å². The van der Waals surface area contributed by atoms with Crippen LogP contribution in [0.4, 0.5) is 0 Å². The van der Waals surface area contributed by atoms with Crippen LogP contribution < -0.4 is 5.32 Å². The zero-order valence-corrected chi connectivity index (χ0v) is 12.8. The van der Waals surface area contributed by atoms with E-state index in [9.17, 15) is 0 Å². The number of nitrogens with one attached hydrogen (secondary N) is 1. The first-order valence-electron chi connectivity index (χ1n) is 8.14. The smallest absolute Gasteiger partial charge is 0.0952 e. The first-order chi connectivity index (χ1) is 9.72. The van der Waals surface area contributed by atoms with Crippen molar-refractivity contribution in [2.45, 2.75) is 77.2 Å². The second kappa shape index (κ2) is 6.27. The van der Waals surface area contributed by atoms with Gasteiger partial charge in [0.1, 0.15) is 0 Å². The van der Waals surface area contributed by atoms with E-state index in [1.165, 1.54) is 43.5 Å². The lowest BCUT2D eigenvalue weighted by molar-refractivity contribution is 0.0347. The molecule has 0 bridgehead atoms. The SMILES string of the molecule is CC(C)NCC1CCC(Cn2cnc3c2CCCC3)O1. The third kappa shape index (κ3) is 3.23. The zero-order chi connectivity index (χ0) is 13.9. The number of nitrogens with zero attached hydrogens (tertiary/aromatic N) is 2. The van der Waals surface area contributed by atoms with Crippen LogP contribution in [-0.4, -0.2) is 34.3 Å². The zero-order valence-electron chi connectivity index (χ0n) is 12.8. The molecule has 0 aromatic carbocycles. The fraction of sp³-hybridized carbons (Fsp3) is 0.812. The highest BCUT2D eigenvalue weighted by molar-refractivity contribution is 5.16. The Morgan fingerprint density at radius 2 is 2.10 bits per heavy atom. The molecule has 2 unspecified atom stereocenters. The fourth-order valence-corrected chi connectivity index (χ4v) is 3.34. The fourth-order valence-electron chi connectivity index (χ4n) is 3.34. The van der Waals surface area contributed by atoms with Crippen LogP contribution in [0, 0.1) is 0 Å². The molecule has 0 amide bonds. The number of ether oxygens (including phenoxy) is 1. The van der Waals surface area contributed by atoms with Crippen LogP contribution in [-0.2, 0) is 24.1 Å². The maximum absolute atomic E-state index is 6.17. The van der Waals surface area contributed by atoms with Gasteiger partial charge in [-0.2, -0.15) is 0 Å². The number of hydrogen-bond donors (Lipinski definition) is 1. The second-order valence-electron chi connectivity index (χ2n) is 6.52. The lowest BCUT2D eigenvalue weighted by Crippen LogP contribution is -2.32. The molecule has 1 saturated heterocycles. The van der Waals surface area contributed by atoms with Crippen LogP contribution in [0.1, 0.15) is 50.9 Å². The Hall–Kier alpha value is -0.870. The van der Waals surface area contributed by atoms with E-state index in [0.717, 1.165) is 19.5 Å². The van der Waals surface area contributed by atoms with Crippen molar-refractivity contribution in [3.8, 4) is 0 Å². The summed E-state index contributed by atoms with van der Waals surface area (Å²) in [6, 6.07) is 0.540. The van der Waals surface area contributed by atoms with Crippen molar-refractivity contribution < 1.29 is 4.74 Å². The third-order valence-corrected chi connectivity index (χ3v) is 4.46. The quantitative estimate of drug-likeness (QED) is 0.897. The highest BCUT2D eigenvalue weighted by Crippen LogP contribution is 2.24. The average Bonchev–Trinajstić information content (AvgIpc) is 3.05. The molecule has 3 rings (SSSR count). The van der Waals surface area contributed by atoms with E-state index in [0.29, 0.717) is 18.2 Å². The van der Waals surface area contributed by atoms with E-state index >= 15 is 0 Å². The minimum Gasteiger partial charge on any atom is -0.372 e. The molecule has 112 valence electrons. The summed E-state index contributed by atoms with van der Waals surface area (Å²) in [7, 11) is 0. The maximum Gasteiger partial charge on any atom is 0.0952 e. The molecule has 1 aromatic rings. The molecule has 2 heterocycles. The van der Waals surface area contributed by atoms with E-state index in [4.69, 9.17) is 4.74 Å². The topological polar surface area (TPSA) is 39.1 Å². The van der Waals surface area contributed by atoms with Gasteiger partial charge in [-0.15, -0.1) is 0 Å². The standard InChI is InChI=1S/C16H27N3O/c1-12(2)17-9-13-7-8-14(20-13)10-19-11-18-15-5-3-4-6-16(15)19/h11-14,17H,3-10H2,1-2H3. The lowest BCUT2D eigenvalue weighted by atomic mass is 10.0. The Bertz CT molecular complexity index is 441. The van der Waals surface area contributed by atoms with Gasteiger partial charge in [0.2, 0.25) is 0 Å². The number of aromatic nitrogens is 2. The van der Waals surface area contributed by atoms with Crippen molar-refractivity contribution in [2.75, 3.05) is 6.54 Å². The largest absolute Gasteiger partial charge is 0.372 e. The number of rotatable bonds is 5. The third-order valence-electron chi connectivity index (χ3n) is 4.46. The van der Waals surface area contributed by atoms with Gasteiger partial charge in [0.15, 0.2) is 0 Å². The van der Waals surface area contributed by atoms with E-state index in [2.05, 4.69) is 28.7 Å². The molecule has 1 aromatic heterocycles. The molecular formula is C16H27N3O. The summed E-state index contributed by atoms with van der Waals surface area (Å²) >= 11 is 0. The van der Waals surface area contributed by atoms with Crippen LogP contribution in [0.3, 0.4) is 0 Å². The van der Waals surface area contributed by atoms with Gasteiger partial charge in [-0.25, -0.2) is 4.98 Å². The summed E-state index contributed by atoms with van der Waals surface area (Å²) in [5, 5.41) is 3.47. The average molecular weight is 277 g/mol. The molecule has 1 fully saturated rings. The molecule has 20 heavy (non-hydrogen) atoms. The number of aryl methyl sites for hydroxylation is 1. The van der Waals surface area contributed by atoms with Crippen LogP contribution >= 0.6 is 0 Å². The molecule has 2 atom stereocenters. The Morgan fingerprint density at radius 1 is 1.30 bits per heavy atom. The first kappa shape index (κ1) is 14.1. The van der Waals surface area contributed by atoms with E-state index in [-0.39, 0.29) is 0 Å². The highest BCUT2D eigenvalue weighted by Gasteiger charge is 2.26. The van der Waals surface area contributed by atoms with Gasteiger partial charge in [-0.3, -0.25) is 0 Å². The number of fused-ring (bicyclic) bond motifs is 1. The molecule has 2 aliphatic rings. The maximum atomic E-state index is 6.17. The molecule has 1 aliphatic heterocycles. The summed E-state index contributed by atoms with van der Waals surface area (Å²) in [6.07, 6.45) is 10.1. The predicted octanol–water partition coefficient (Wildman–Crippen LogP) is 2.31. The van der Waals surface area contributed by atoms with Crippen LogP contribution in [0.25, 0.3) is 0 Å². The predicted molar refractivity (Wildman–Crippen MR) is 79.9 cm³/mol. The van der Waals surface area contributed by atoms with Crippen molar-refractivity contribution in [1.82, 2.24) is 14.9 Å². The molecule has 1 N–H and O–H groups in total. The van der Waals surface area contributed by atoms with Crippen LogP contribution in [0.15, 0.2) is 6.33 Å². The molecule has 0 spiro atoms. The summed E-state index contributed by atoms with van der Waals surface area (Å²) in [5.74, 6) is 0. The van der Waals surface area contributed by atoms with Gasteiger partial charge in [-0.1, -0.05) is 13.8 Å². The summed E-state index contributed by atoms with van der Waals surface area (Å²) in [6.45, 7) is 6.34. The summed E-state index contributed by atoms with van der Waals surface area (Å²) in [4.78, 5) is 4.57.